The lowest BCUT2D eigenvalue weighted by Gasteiger charge is -2.08. The maximum absolute atomic E-state index is 11.1. The van der Waals surface area contributed by atoms with Crippen LogP contribution >= 0.6 is 11.8 Å². The lowest BCUT2D eigenvalue weighted by atomic mass is 10.3. The van der Waals surface area contributed by atoms with Crippen LogP contribution in [0.5, 0.6) is 0 Å². The molecule has 4 nitrogen and oxygen atoms in total. The van der Waals surface area contributed by atoms with E-state index in [1.807, 2.05) is 6.92 Å². The van der Waals surface area contributed by atoms with Gasteiger partial charge in [0.2, 0.25) is 0 Å². The van der Waals surface area contributed by atoms with Gasteiger partial charge in [0.15, 0.2) is 0 Å². The van der Waals surface area contributed by atoms with Crippen molar-refractivity contribution in [1.82, 2.24) is 0 Å². The third kappa shape index (κ3) is 6.78. The average molecular weight is 254 g/mol. The van der Waals surface area contributed by atoms with Crippen LogP contribution in [0.3, 0.4) is 0 Å². The van der Waals surface area contributed by atoms with E-state index in [1.165, 1.54) is 11.8 Å². The second kappa shape index (κ2) is 7.11. The van der Waals surface area contributed by atoms with Crippen molar-refractivity contribution in [3.8, 4) is 0 Å². The largest absolute Gasteiger partial charge is 0.480 e. The van der Waals surface area contributed by atoms with Crippen LogP contribution in [0.4, 0.5) is 0 Å². The lowest BCUT2D eigenvalue weighted by molar-refractivity contribution is -0.136. The number of aliphatic carboxylic acids is 1. The number of carboxylic acids is 1. The van der Waals surface area contributed by atoms with E-state index in [9.17, 15) is 13.2 Å². The summed E-state index contributed by atoms with van der Waals surface area (Å²) in [6.45, 7) is 3.43. The molecule has 0 saturated carbocycles. The van der Waals surface area contributed by atoms with E-state index in [1.54, 1.807) is 6.92 Å². The Labute approximate surface area is 95.4 Å². The van der Waals surface area contributed by atoms with Gasteiger partial charge >= 0.3 is 5.97 Å². The third-order valence-electron chi connectivity index (χ3n) is 2.00. The Balaban J connectivity index is 3.75. The minimum atomic E-state index is -2.91. The van der Waals surface area contributed by atoms with E-state index >= 15 is 0 Å². The first kappa shape index (κ1) is 14.8. The molecular weight excluding hydrogens is 236 g/mol. The summed E-state index contributed by atoms with van der Waals surface area (Å²) >= 11 is 1.32. The molecule has 0 aromatic rings. The van der Waals surface area contributed by atoms with Crippen molar-refractivity contribution in [2.45, 2.75) is 31.9 Å². The number of carboxylic acid groups (broad SMARTS) is 1. The number of hydrogen-bond acceptors (Lipinski definition) is 4. The van der Waals surface area contributed by atoms with Gasteiger partial charge in [-0.05, 0) is 18.6 Å². The second-order valence-electron chi connectivity index (χ2n) is 3.20. The quantitative estimate of drug-likeness (QED) is 0.663. The standard InChI is InChI=1S/C9H18O4S2/c1-3-8(9(10)11)14-6-5-7-15(12,13)4-2/h8H,3-7H2,1-2H3,(H,10,11). The van der Waals surface area contributed by atoms with Gasteiger partial charge in [-0.15, -0.1) is 11.8 Å². The highest BCUT2D eigenvalue weighted by Crippen LogP contribution is 2.16. The lowest BCUT2D eigenvalue weighted by Crippen LogP contribution is -2.16. The van der Waals surface area contributed by atoms with Crippen molar-refractivity contribution in [3.63, 3.8) is 0 Å². The van der Waals surface area contributed by atoms with E-state index in [-0.39, 0.29) is 11.5 Å². The summed E-state index contributed by atoms with van der Waals surface area (Å²) in [5.41, 5.74) is 0. The Morgan fingerprint density at radius 3 is 2.40 bits per heavy atom. The first-order valence-electron chi connectivity index (χ1n) is 4.97. The van der Waals surface area contributed by atoms with Gasteiger partial charge in [-0.1, -0.05) is 13.8 Å². The molecule has 0 aliphatic carbocycles. The van der Waals surface area contributed by atoms with E-state index in [0.29, 0.717) is 18.6 Å². The number of sulfone groups is 1. The van der Waals surface area contributed by atoms with Gasteiger partial charge in [0, 0.05) is 5.75 Å². The molecular formula is C9H18O4S2. The molecule has 0 aliphatic rings. The zero-order chi connectivity index (χ0) is 11.9. The van der Waals surface area contributed by atoms with Crippen LogP contribution in [0.1, 0.15) is 26.7 Å². The van der Waals surface area contributed by atoms with Crippen LogP contribution in [0.15, 0.2) is 0 Å². The highest BCUT2D eigenvalue weighted by molar-refractivity contribution is 8.00. The van der Waals surface area contributed by atoms with Gasteiger partial charge in [-0.2, -0.15) is 0 Å². The highest BCUT2D eigenvalue weighted by Gasteiger charge is 2.15. The Kier molecular flexibility index (Phi) is 7.00. The van der Waals surface area contributed by atoms with Crippen LogP contribution < -0.4 is 0 Å². The highest BCUT2D eigenvalue weighted by atomic mass is 32.2. The molecule has 0 rings (SSSR count). The Morgan fingerprint density at radius 2 is 2.00 bits per heavy atom. The molecule has 1 atom stereocenters. The maximum atomic E-state index is 11.1. The minimum absolute atomic E-state index is 0.159. The normalized spacial score (nSPS) is 13.7. The van der Waals surface area contributed by atoms with Crippen LogP contribution in [0.25, 0.3) is 0 Å². The SMILES string of the molecule is CCC(SCCCS(=O)(=O)CC)C(=O)O. The van der Waals surface area contributed by atoms with E-state index in [2.05, 4.69) is 0 Å². The first-order valence-corrected chi connectivity index (χ1v) is 7.84. The number of rotatable bonds is 8. The number of hydrogen-bond donors (Lipinski definition) is 1. The van der Waals surface area contributed by atoms with Crippen LogP contribution in [0.2, 0.25) is 0 Å². The molecule has 0 radical (unpaired) electrons. The summed E-state index contributed by atoms with van der Waals surface area (Å²) in [6.07, 6.45) is 1.10. The van der Waals surface area contributed by atoms with Crippen molar-refractivity contribution < 1.29 is 18.3 Å². The monoisotopic (exact) mass is 254 g/mol. The summed E-state index contributed by atoms with van der Waals surface area (Å²) in [6, 6.07) is 0. The fourth-order valence-electron chi connectivity index (χ4n) is 1.01. The van der Waals surface area contributed by atoms with Crippen molar-refractivity contribution in [2.24, 2.45) is 0 Å². The molecule has 1 unspecified atom stereocenters. The van der Waals surface area contributed by atoms with E-state index in [0.717, 1.165) is 0 Å². The molecule has 0 saturated heterocycles. The molecule has 0 heterocycles. The molecule has 15 heavy (non-hydrogen) atoms. The van der Waals surface area contributed by atoms with Crippen molar-refractivity contribution in [1.29, 1.82) is 0 Å². The topological polar surface area (TPSA) is 71.4 Å². The van der Waals surface area contributed by atoms with E-state index in [4.69, 9.17) is 5.11 Å². The Bertz CT molecular complexity index is 284. The molecule has 0 amide bonds. The molecule has 0 fully saturated rings. The molecule has 1 N–H and O–H groups in total. The molecule has 0 aromatic carbocycles. The maximum Gasteiger partial charge on any atom is 0.316 e. The van der Waals surface area contributed by atoms with Gasteiger partial charge in [-0.25, -0.2) is 8.42 Å². The minimum Gasteiger partial charge on any atom is -0.480 e. The summed E-state index contributed by atoms with van der Waals surface area (Å²) in [7, 11) is -2.91. The first-order chi connectivity index (χ1) is 6.93. The summed E-state index contributed by atoms with van der Waals surface area (Å²) < 4.78 is 22.2. The van der Waals surface area contributed by atoms with Crippen molar-refractivity contribution in [2.75, 3.05) is 17.3 Å². The van der Waals surface area contributed by atoms with Crippen LogP contribution in [-0.4, -0.2) is 42.0 Å². The van der Waals surface area contributed by atoms with Crippen molar-refractivity contribution >= 4 is 27.6 Å². The summed E-state index contributed by atoms with van der Waals surface area (Å²) in [5, 5.41) is 8.33. The smallest absolute Gasteiger partial charge is 0.316 e. The Morgan fingerprint density at radius 1 is 1.40 bits per heavy atom. The third-order valence-corrected chi connectivity index (χ3v) is 5.26. The number of carbonyl (C=O) groups is 1. The molecule has 0 spiro atoms. The molecule has 0 aromatic heterocycles. The molecule has 0 aliphatic heterocycles. The average Bonchev–Trinajstić information content (AvgIpc) is 2.17. The summed E-state index contributed by atoms with van der Waals surface area (Å²) in [5.74, 6) is 0.0885. The van der Waals surface area contributed by atoms with Crippen LogP contribution in [-0.2, 0) is 14.6 Å². The number of thioether (sulfide) groups is 1. The predicted octanol–water partition coefficient (Wildman–Crippen LogP) is 1.41. The zero-order valence-electron chi connectivity index (χ0n) is 9.10. The van der Waals surface area contributed by atoms with Gasteiger partial charge < -0.3 is 5.11 Å². The van der Waals surface area contributed by atoms with Gasteiger partial charge in [0.25, 0.3) is 0 Å². The predicted molar refractivity (Wildman–Crippen MR) is 63.1 cm³/mol. The van der Waals surface area contributed by atoms with Gasteiger partial charge in [-0.3, -0.25) is 4.79 Å². The molecule has 0 bridgehead atoms. The Hall–Kier alpha value is -0.230. The van der Waals surface area contributed by atoms with Crippen LogP contribution in [0, 0.1) is 0 Å². The molecule has 90 valence electrons. The molecule has 6 heteroatoms. The van der Waals surface area contributed by atoms with E-state index < -0.39 is 21.1 Å². The zero-order valence-corrected chi connectivity index (χ0v) is 10.7. The summed E-state index contributed by atoms with van der Waals surface area (Å²) in [4.78, 5) is 10.6. The van der Waals surface area contributed by atoms with Gasteiger partial charge in [0.1, 0.15) is 15.1 Å². The van der Waals surface area contributed by atoms with Crippen molar-refractivity contribution in [3.05, 3.63) is 0 Å². The second-order valence-corrected chi connectivity index (χ2v) is 6.98. The fourth-order valence-corrected chi connectivity index (χ4v) is 3.04. The fraction of sp³-hybridized carbons (Fsp3) is 0.889. The van der Waals surface area contributed by atoms with Gasteiger partial charge in [0.05, 0.1) is 5.75 Å².